The van der Waals surface area contributed by atoms with Crippen molar-refractivity contribution in [1.29, 1.82) is 0 Å². The van der Waals surface area contributed by atoms with Gasteiger partial charge in [0.1, 0.15) is 5.75 Å². The van der Waals surface area contributed by atoms with E-state index in [1.807, 2.05) is 24.3 Å². The van der Waals surface area contributed by atoms with E-state index in [1.165, 1.54) is 0 Å². The molecule has 0 saturated carbocycles. The molecule has 0 aliphatic heterocycles. The van der Waals surface area contributed by atoms with Gasteiger partial charge in [-0.25, -0.2) is 0 Å². The molecule has 1 unspecified atom stereocenters. The summed E-state index contributed by atoms with van der Waals surface area (Å²) in [4.78, 5) is 12.0. The second-order valence-electron chi connectivity index (χ2n) is 5.12. The van der Waals surface area contributed by atoms with Gasteiger partial charge in [0.2, 0.25) is 5.91 Å². The maximum absolute atomic E-state index is 12.0. The summed E-state index contributed by atoms with van der Waals surface area (Å²) < 4.78 is 5.24. The maximum Gasteiger partial charge on any atom is 0.224 e. The lowest BCUT2D eigenvalue weighted by Crippen LogP contribution is -2.41. The van der Waals surface area contributed by atoms with Crippen LogP contribution in [-0.4, -0.2) is 25.6 Å². The summed E-state index contributed by atoms with van der Waals surface area (Å²) >= 11 is 0. The normalized spacial score (nSPS) is 12.3. The van der Waals surface area contributed by atoms with Gasteiger partial charge in [0.25, 0.3) is 0 Å². The average Bonchev–Trinajstić information content (AvgIpc) is 2.38. The number of hydrogen-bond acceptors (Lipinski definition) is 3. The van der Waals surface area contributed by atoms with Crippen LogP contribution < -0.4 is 15.8 Å². The van der Waals surface area contributed by atoms with E-state index in [1.54, 1.807) is 7.11 Å². The van der Waals surface area contributed by atoms with Crippen LogP contribution in [0.3, 0.4) is 0 Å². The molecule has 0 radical (unpaired) electrons. The molecule has 3 N–H and O–H groups in total. The zero-order valence-corrected chi connectivity index (χ0v) is 12.0. The third-order valence-corrected chi connectivity index (χ3v) is 2.95. The highest BCUT2D eigenvalue weighted by Crippen LogP contribution is 2.17. The van der Waals surface area contributed by atoms with Crippen LogP contribution in [0.25, 0.3) is 0 Å². The van der Waals surface area contributed by atoms with Crippen LogP contribution in [0, 0.1) is 5.92 Å². The molecule has 0 spiro atoms. The Hall–Kier alpha value is -1.55. The Balaban J connectivity index is 2.59. The number of nitrogens with two attached hydrogens (primary N) is 1. The zero-order chi connectivity index (χ0) is 14.3. The van der Waals surface area contributed by atoms with Crippen molar-refractivity contribution in [2.75, 3.05) is 13.7 Å². The fraction of sp³-hybridized carbons (Fsp3) is 0.533. The van der Waals surface area contributed by atoms with Crippen LogP contribution in [0.5, 0.6) is 5.75 Å². The van der Waals surface area contributed by atoms with Gasteiger partial charge in [0.15, 0.2) is 0 Å². The van der Waals surface area contributed by atoms with E-state index in [9.17, 15) is 4.79 Å². The SMILES string of the molecule is COc1ccccc1CC(=O)NC(CN)CC(C)C. The first kappa shape index (κ1) is 15.5. The van der Waals surface area contributed by atoms with Crippen LogP contribution in [-0.2, 0) is 11.2 Å². The topological polar surface area (TPSA) is 64.3 Å². The van der Waals surface area contributed by atoms with E-state index < -0.39 is 0 Å². The molecule has 0 saturated heterocycles. The molecule has 0 aromatic heterocycles. The predicted octanol–water partition coefficient (Wildman–Crippen LogP) is 1.73. The number of hydrogen-bond donors (Lipinski definition) is 2. The number of benzene rings is 1. The van der Waals surface area contributed by atoms with Gasteiger partial charge in [-0.05, 0) is 18.4 Å². The lowest BCUT2D eigenvalue weighted by Gasteiger charge is -2.19. The van der Waals surface area contributed by atoms with Gasteiger partial charge in [-0.1, -0.05) is 32.0 Å². The Morgan fingerprint density at radius 3 is 2.63 bits per heavy atom. The van der Waals surface area contributed by atoms with Crippen LogP contribution in [0.4, 0.5) is 0 Å². The Labute approximate surface area is 115 Å². The number of nitrogens with one attached hydrogen (secondary N) is 1. The van der Waals surface area contributed by atoms with E-state index >= 15 is 0 Å². The van der Waals surface area contributed by atoms with Gasteiger partial charge in [-0.3, -0.25) is 4.79 Å². The quantitative estimate of drug-likeness (QED) is 0.788. The summed E-state index contributed by atoms with van der Waals surface area (Å²) in [7, 11) is 1.61. The van der Waals surface area contributed by atoms with Gasteiger partial charge in [-0.15, -0.1) is 0 Å². The van der Waals surface area contributed by atoms with Crippen LogP contribution in [0.15, 0.2) is 24.3 Å². The molecular formula is C15H24N2O2. The lowest BCUT2D eigenvalue weighted by molar-refractivity contribution is -0.121. The molecule has 1 amide bonds. The first-order valence-electron chi connectivity index (χ1n) is 6.68. The van der Waals surface area contributed by atoms with E-state index in [0.29, 0.717) is 18.9 Å². The molecule has 0 heterocycles. The third-order valence-electron chi connectivity index (χ3n) is 2.95. The second kappa shape index (κ2) is 7.79. The predicted molar refractivity (Wildman–Crippen MR) is 77.1 cm³/mol. The van der Waals surface area contributed by atoms with Crippen LogP contribution in [0.2, 0.25) is 0 Å². The minimum Gasteiger partial charge on any atom is -0.496 e. The molecule has 1 rings (SSSR count). The van der Waals surface area contributed by atoms with Crippen molar-refractivity contribution in [3.05, 3.63) is 29.8 Å². The van der Waals surface area contributed by atoms with Gasteiger partial charge in [0.05, 0.1) is 13.5 Å². The van der Waals surface area contributed by atoms with Crippen molar-refractivity contribution in [3.8, 4) is 5.75 Å². The van der Waals surface area contributed by atoms with E-state index in [-0.39, 0.29) is 11.9 Å². The number of carbonyl (C=O) groups is 1. The second-order valence-corrected chi connectivity index (χ2v) is 5.12. The van der Waals surface area contributed by atoms with Crippen molar-refractivity contribution >= 4 is 5.91 Å². The summed E-state index contributed by atoms with van der Waals surface area (Å²) in [5.74, 6) is 1.24. The van der Waals surface area contributed by atoms with Gasteiger partial charge in [-0.2, -0.15) is 0 Å². The fourth-order valence-electron chi connectivity index (χ4n) is 2.08. The van der Waals surface area contributed by atoms with Crippen molar-refractivity contribution in [1.82, 2.24) is 5.32 Å². The fourth-order valence-corrected chi connectivity index (χ4v) is 2.08. The monoisotopic (exact) mass is 264 g/mol. The Bertz CT molecular complexity index is 405. The van der Waals surface area contributed by atoms with Gasteiger partial charge in [0, 0.05) is 18.2 Å². The lowest BCUT2D eigenvalue weighted by atomic mass is 10.0. The molecular weight excluding hydrogens is 240 g/mol. The summed E-state index contributed by atoms with van der Waals surface area (Å²) in [6, 6.07) is 7.60. The number of carbonyl (C=O) groups excluding carboxylic acids is 1. The first-order valence-corrected chi connectivity index (χ1v) is 6.68. The standard InChI is InChI=1S/C15H24N2O2/c1-11(2)8-13(10-16)17-15(18)9-12-6-4-5-7-14(12)19-3/h4-7,11,13H,8-10,16H2,1-3H3,(H,17,18). The zero-order valence-electron chi connectivity index (χ0n) is 12.0. The highest BCUT2D eigenvalue weighted by atomic mass is 16.5. The minimum atomic E-state index is -0.0133. The minimum absolute atomic E-state index is 0.0133. The van der Waals surface area contributed by atoms with E-state index in [4.69, 9.17) is 10.5 Å². The Morgan fingerprint density at radius 1 is 1.37 bits per heavy atom. The molecule has 19 heavy (non-hydrogen) atoms. The molecule has 1 atom stereocenters. The average molecular weight is 264 g/mol. The van der Waals surface area contributed by atoms with Crippen LogP contribution >= 0.6 is 0 Å². The highest BCUT2D eigenvalue weighted by Gasteiger charge is 2.14. The van der Waals surface area contributed by atoms with Crippen LogP contribution in [0.1, 0.15) is 25.8 Å². The summed E-state index contributed by atoms with van der Waals surface area (Å²) in [6.07, 6.45) is 1.22. The molecule has 0 fully saturated rings. The van der Waals surface area contributed by atoms with Crippen molar-refractivity contribution in [3.63, 3.8) is 0 Å². The first-order chi connectivity index (χ1) is 9.06. The molecule has 4 heteroatoms. The summed E-state index contributed by atoms with van der Waals surface area (Å²) in [5, 5.41) is 2.98. The molecule has 0 aliphatic rings. The van der Waals surface area contributed by atoms with E-state index in [0.717, 1.165) is 17.7 Å². The largest absolute Gasteiger partial charge is 0.496 e. The summed E-state index contributed by atoms with van der Waals surface area (Å²) in [6.45, 7) is 4.71. The molecule has 0 bridgehead atoms. The third kappa shape index (κ3) is 5.30. The molecule has 1 aromatic carbocycles. The number of para-hydroxylation sites is 1. The van der Waals surface area contributed by atoms with Crippen molar-refractivity contribution in [2.45, 2.75) is 32.7 Å². The Kier molecular flexibility index (Phi) is 6.36. The van der Waals surface area contributed by atoms with E-state index in [2.05, 4.69) is 19.2 Å². The number of rotatable bonds is 7. The molecule has 0 aliphatic carbocycles. The number of amides is 1. The van der Waals surface area contributed by atoms with Crippen molar-refractivity contribution in [2.24, 2.45) is 11.7 Å². The molecule has 106 valence electrons. The maximum atomic E-state index is 12.0. The molecule has 4 nitrogen and oxygen atoms in total. The smallest absolute Gasteiger partial charge is 0.224 e. The molecule has 1 aromatic rings. The summed E-state index contributed by atoms with van der Waals surface area (Å²) in [5.41, 5.74) is 6.57. The number of ether oxygens (including phenoxy) is 1. The highest BCUT2D eigenvalue weighted by molar-refractivity contribution is 5.79. The van der Waals surface area contributed by atoms with Gasteiger partial charge >= 0.3 is 0 Å². The van der Waals surface area contributed by atoms with Gasteiger partial charge < -0.3 is 15.8 Å². The number of methoxy groups -OCH3 is 1. The Morgan fingerprint density at radius 2 is 2.05 bits per heavy atom. The van der Waals surface area contributed by atoms with Crippen molar-refractivity contribution < 1.29 is 9.53 Å².